The Morgan fingerprint density at radius 3 is 3.00 bits per heavy atom. The first-order valence-corrected chi connectivity index (χ1v) is 5.53. The van der Waals surface area contributed by atoms with Crippen molar-refractivity contribution in [3.63, 3.8) is 0 Å². The molecule has 1 aromatic carbocycles. The summed E-state index contributed by atoms with van der Waals surface area (Å²) < 4.78 is 5.96. The lowest BCUT2D eigenvalue weighted by atomic mass is 10.2. The minimum atomic E-state index is -0.739. The van der Waals surface area contributed by atoms with Crippen LogP contribution < -0.4 is 5.73 Å². The van der Waals surface area contributed by atoms with Gasteiger partial charge >= 0.3 is 5.97 Å². The molecule has 0 spiro atoms. The minimum absolute atomic E-state index is 0.192. The third-order valence-electron chi connectivity index (χ3n) is 1.91. The predicted octanol–water partition coefficient (Wildman–Crippen LogP) is 1.84. The van der Waals surface area contributed by atoms with Crippen LogP contribution in [0.5, 0.6) is 0 Å². The van der Waals surface area contributed by atoms with Crippen LogP contribution >= 0.6 is 15.9 Å². The third-order valence-corrected chi connectivity index (χ3v) is 2.40. The first-order valence-electron chi connectivity index (χ1n) is 4.73. The fourth-order valence-electron chi connectivity index (χ4n) is 1.10. The molecule has 0 aliphatic rings. The molecule has 0 aliphatic heterocycles. The molecule has 0 saturated heterocycles. The Labute approximate surface area is 103 Å². The maximum Gasteiger partial charge on any atom is 0.324 e. The van der Waals surface area contributed by atoms with Crippen molar-refractivity contribution in [1.29, 1.82) is 0 Å². The van der Waals surface area contributed by atoms with Gasteiger partial charge in [-0.15, -0.1) is 12.3 Å². The van der Waals surface area contributed by atoms with Gasteiger partial charge in [0.1, 0.15) is 12.6 Å². The summed E-state index contributed by atoms with van der Waals surface area (Å²) in [5, 5.41) is 0. The molecule has 0 aliphatic carbocycles. The van der Waals surface area contributed by atoms with Crippen LogP contribution in [-0.2, 0) is 16.1 Å². The van der Waals surface area contributed by atoms with E-state index in [4.69, 9.17) is 16.9 Å². The third kappa shape index (κ3) is 4.05. The van der Waals surface area contributed by atoms with Gasteiger partial charge in [-0.05, 0) is 17.7 Å². The normalized spacial score (nSPS) is 11.6. The molecule has 1 aromatic rings. The molecule has 84 valence electrons. The van der Waals surface area contributed by atoms with Crippen LogP contribution in [0.15, 0.2) is 28.7 Å². The van der Waals surface area contributed by atoms with Gasteiger partial charge in [-0.1, -0.05) is 28.1 Å². The summed E-state index contributed by atoms with van der Waals surface area (Å²) in [4.78, 5) is 11.3. The first kappa shape index (κ1) is 12.8. The minimum Gasteiger partial charge on any atom is -0.460 e. The SMILES string of the molecule is C#CCC(N)C(=O)OCc1cccc(Br)c1. The summed E-state index contributed by atoms with van der Waals surface area (Å²) in [5.74, 6) is 1.85. The summed E-state index contributed by atoms with van der Waals surface area (Å²) in [5.41, 5.74) is 6.39. The lowest BCUT2D eigenvalue weighted by molar-refractivity contribution is -0.146. The molecule has 1 unspecified atom stereocenters. The van der Waals surface area contributed by atoms with Gasteiger partial charge < -0.3 is 10.5 Å². The van der Waals surface area contributed by atoms with Gasteiger partial charge in [0.05, 0.1) is 0 Å². The van der Waals surface area contributed by atoms with Crippen LogP contribution in [-0.4, -0.2) is 12.0 Å². The number of carbonyl (C=O) groups is 1. The quantitative estimate of drug-likeness (QED) is 0.677. The van der Waals surface area contributed by atoms with Crippen LogP contribution in [0.3, 0.4) is 0 Å². The van der Waals surface area contributed by atoms with E-state index in [1.165, 1.54) is 0 Å². The van der Waals surface area contributed by atoms with Gasteiger partial charge in [0, 0.05) is 10.9 Å². The second kappa shape index (κ2) is 6.31. The van der Waals surface area contributed by atoms with Crippen molar-refractivity contribution in [2.45, 2.75) is 19.1 Å². The van der Waals surface area contributed by atoms with Crippen LogP contribution in [0.2, 0.25) is 0 Å². The zero-order chi connectivity index (χ0) is 12.0. The van der Waals surface area contributed by atoms with Crippen molar-refractivity contribution in [3.8, 4) is 12.3 Å². The Bertz CT molecular complexity index is 412. The monoisotopic (exact) mass is 281 g/mol. The molecule has 0 aromatic heterocycles. The Hall–Kier alpha value is -1.31. The zero-order valence-corrected chi connectivity index (χ0v) is 10.2. The van der Waals surface area contributed by atoms with Crippen molar-refractivity contribution >= 4 is 21.9 Å². The van der Waals surface area contributed by atoms with Crippen LogP contribution in [0.4, 0.5) is 0 Å². The molecule has 0 fully saturated rings. The van der Waals surface area contributed by atoms with E-state index in [0.29, 0.717) is 0 Å². The number of hydrogen-bond acceptors (Lipinski definition) is 3. The van der Waals surface area contributed by atoms with Gasteiger partial charge in [0.25, 0.3) is 0 Å². The number of ether oxygens (including phenoxy) is 1. The zero-order valence-electron chi connectivity index (χ0n) is 8.65. The summed E-state index contributed by atoms with van der Waals surface area (Å²) in [6.45, 7) is 0.205. The molecule has 4 heteroatoms. The maximum absolute atomic E-state index is 11.3. The van der Waals surface area contributed by atoms with E-state index in [-0.39, 0.29) is 13.0 Å². The summed E-state index contributed by atoms with van der Waals surface area (Å²) in [6.07, 6.45) is 5.24. The molecule has 1 atom stereocenters. The average molecular weight is 282 g/mol. The van der Waals surface area contributed by atoms with E-state index in [1.54, 1.807) is 0 Å². The fraction of sp³-hybridized carbons (Fsp3) is 0.250. The van der Waals surface area contributed by atoms with E-state index in [1.807, 2.05) is 24.3 Å². The van der Waals surface area contributed by atoms with Crippen molar-refractivity contribution in [1.82, 2.24) is 0 Å². The molecule has 0 saturated carbocycles. The number of rotatable bonds is 4. The molecule has 2 N–H and O–H groups in total. The van der Waals surface area contributed by atoms with E-state index in [9.17, 15) is 4.79 Å². The number of nitrogens with two attached hydrogens (primary N) is 1. The van der Waals surface area contributed by atoms with E-state index < -0.39 is 12.0 Å². The van der Waals surface area contributed by atoms with Crippen LogP contribution in [0.1, 0.15) is 12.0 Å². The highest BCUT2D eigenvalue weighted by Gasteiger charge is 2.13. The Morgan fingerprint density at radius 2 is 2.38 bits per heavy atom. The Kier molecular flexibility index (Phi) is 5.03. The summed E-state index contributed by atoms with van der Waals surface area (Å²) in [7, 11) is 0. The van der Waals surface area contributed by atoms with Gasteiger partial charge in [-0.2, -0.15) is 0 Å². The standard InChI is InChI=1S/C12H12BrNO2/c1-2-4-11(14)12(15)16-8-9-5-3-6-10(13)7-9/h1,3,5-7,11H,4,8,14H2. The number of hydrogen-bond donors (Lipinski definition) is 1. The van der Waals surface area contributed by atoms with Gasteiger partial charge in [-0.25, -0.2) is 0 Å². The first-order chi connectivity index (χ1) is 7.63. The molecule has 0 heterocycles. The summed E-state index contributed by atoms with van der Waals surface area (Å²) in [6, 6.07) is 6.77. The lowest BCUT2D eigenvalue weighted by Crippen LogP contribution is -2.31. The van der Waals surface area contributed by atoms with Gasteiger partial charge in [0.2, 0.25) is 0 Å². The second-order valence-corrected chi connectivity index (χ2v) is 4.17. The van der Waals surface area contributed by atoms with Crippen LogP contribution in [0, 0.1) is 12.3 Å². The number of terminal acetylenes is 1. The summed E-state index contributed by atoms with van der Waals surface area (Å²) >= 11 is 3.33. The molecule has 0 bridgehead atoms. The van der Waals surface area contributed by atoms with E-state index in [0.717, 1.165) is 10.0 Å². The fourth-order valence-corrected chi connectivity index (χ4v) is 1.55. The largest absolute Gasteiger partial charge is 0.460 e. The predicted molar refractivity (Wildman–Crippen MR) is 65.4 cm³/mol. The molecule has 1 rings (SSSR count). The molecular formula is C12H12BrNO2. The highest BCUT2D eigenvalue weighted by Crippen LogP contribution is 2.12. The topological polar surface area (TPSA) is 52.3 Å². The van der Waals surface area contributed by atoms with Crippen molar-refractivity contribution < 1.29 is 9.53 Å². The van der Waals surface area contributed by atoms with Crippen molar-refractivity contribution in [3.05, 3.63) is 34.3 Å². The van der Waals surface area contributed by atoms with Gasteiger partial charge in [-0.3, -0.25) is 4.79 Å². The van der Waals surface area contributed by atoms with Gasteiger partial charge in [0.15, 0.2) is 0 Å². The highest BCUT2D eigenvalue weighted by atomic mass is 79.9. The van der Waals surface area contributed by atoms with Crippen LogP contribution in [0.25, 0.3) is 0 Å². The van der Waals surface area contributed by atoms with Crippen molar-refractivity contribution in [2.24, 2.45) is 5.73 Å². The van der Waals surface area contributed by atoms with Crippen molar-refractivity contribution in [2.75, 3.05) is 0 Å². The molecular weight excluding hydrogens is 270 g/mol. The number of esters is 1. The van der Waals surface area contributed by atoms with E-state index >= 15 is 0 Å². The number of halogens is 1. The number of benzene rings is 1. The second-order valence-electron chi connectivity index (χ2n) is 3.25. The average Bonchev–Trinajstić information content (AvgIpc) is 2.26. The molecule has 16 heavy (non-hydrogen) atoms. The molecule has 0 amide bonds. The Morgan fingerprint density at radius 1 is 1.62 bits per heavy atom. The smallest absolute Gasteiger partial charge is 0.324 e. The molecule has 0 radical (unpaired) electrons. The Balaban J connectivity index is 2.46. The lowest BCUT2D eigenvalue weighted by Gasteiger charge is -2.09. The highest BCUT2D eigenvalue weighted by molar-refractivity contribution is 9.10. The maximum atomic E-state index is 11.3. The van der Waals surface area contributed by atoms with E-state index in [2.05, 4.69) is 21.9 Å². The number of carbonyl (C=O) groups excluding carboxylic acids is 1. The molecule has 3 nitrogen and oxygen atoms in total.